The number of nitrogens with one attached hydrogen (secondary N) is 2. The van der Waals surface area contributed by atoms with E-state index in [1.165, 1.54) is 53.9 Å². The molecule has 2 fully saturated rings. The topological polar surface area (TPSA) is 658 Å². The van der Waals surface area contributed by atoms with E-state index >= 15 is 0 Å². The number of carbonyl (C=O) groups excluding carboxylic acids is 6. The van der Waals surface area contributed by atoms with Crippen LogP contribution in [-0.2, 0) is 28.5 Å². The maximum atomic E-state index is 12.5. The number of carbonyl (C=O) groups is 7. The van der Waals surface area contributed by atoms with E-state index in [1.54, 1.807) is 113 Å². The molecule has 7 heterocycles. The lowest BCUT2D eigenvalue weighted by molar-refractivity contribution is 0.0193. The van der Waals surface area contributed by atoms with Crippen molar-refractivity contribution < 1.29 is 105 Å². The Hall–Kier alpha value is -15.1. The highest BCUT2D eigenvalue weighted by atomic mass is 36.0. The van der Waals surface area contributed by atoms with E-state index in [0.29, 0.717) is 86.8 Å². The van der Waals surface area contributed by atoms with Crippen molar-refractivity contribution in [2.24, 2.45) is 28.7 Å². The normalized spacial score (nSPS) is 12.7. The Kier molecular flexibility index (Phi) is 49.3. The lowest BCUT2D eigenvalue weighted by Crippen LogP contribution is -2.47. The number of piperidine rings is 2. The molecule has 8 aromatic carbocycles. The zero-order valence-electron chi connectivity index (χ0n) is 80.7. The standard InChI is InChI=1S/C27H31N5O5.C18H15N3O5S.C18H15N3O3S.C12H10O2.C10H20N2O2.C6H6ClN3OS.C6H6N2O3S.Cl2OS.H3N.H2O/c1-27(2,3)37-26(34)32-15-7-8-18(17-32)30-25-29-16-22(23(28)33)24(31-25)36-21-13-11-20(12-14-21)35-19-9-5-4-6-10-19;1-27(23,24)18-20-11-15(16(19)22)17(21-18)26-14-9-7-13(8-10-14)25-12-5-3-2-4-6-12;1-25-18-20-11-15(16(19)22)17(21-18)24-14-9-7-13(8-10-14)23-12-5-3-2-4-6-12;13-10-6-8-12(9-7-10)14-11-4-2-1-3-5-11;1-10(2,3)14-9(13)12-6-4-5-8(11)7-12;1-12-6-9-2-3(5(8)11)4(7)10-6;1-12-6-7-2-3(5(10)11)4(9)8-6;1-4(2)3;;/h4-6,9-14,16,18H,7-8,15,17H2,1-3H3,(H2,28,33)(H,29,30,31);2-11H,1H3,(H2,19,22);2-11H,1H3,(H2,19,22);1-9,13H;8H,4-7,11H2,1-3H3;2H,1H3,(H2,8,11);2H,1H3,(H,10,11)(H,7,8,9);;1H3;1H2. The fraction of sp³-hybridized carbons (Fsp3) is 0.227. The van der Waals surface area contributed by atoms with Crippen LogP contribution in [0, 0.1) is 0 Å². The summed E-state index contributed by atoms with van der Waals surface area (Å²) in [7, 11) is 3.68. The Labute approximate surface area is 874 Å². The van der Waals surface area contributed by atoms with Crippen LogP contribution in [0.25, 0.3) is 0 Å². The number of thioether (sulfide) groups is 3. The summed E-state index contributed by atoms with van der Waals surface area (Å²) in [6, 6.07) is 64.7. The van der Waals surface area contributed by atoms with Crippen LogP contribution < -0.4 is 78.9 Å². The molecular weight excluding hydrogens is 2070 g/mol. The number of phenols is 1. The first-order valence-electron chi connectivity index (χ1n) is 43.1. The number of primary amides is 4. The minimum absolute atomic E-state index is 0. The van der Waals surface area contributed by atoms with Crippen molar-refractivity contribution in [3.63, 3.8) is 0 Å². The molecule has 50 heteroatoms. The molecule has 0 aliphatic carbocycles. The fourth-order valence-corrected chi connectivity index (χ4v) is 13.5. The Morgan fingerprint density at radius 1 is 0.456 bits per heavy atom. The third-order valence-electron chi connectivity index (χ3n) is 18.3. The number of benzene rings is 8. The third-order valence-corrected chi connectivity index (χ3v) is 21.1. The van der Waals surface area contributed by atoms with Crippen LogP contribution in [0.4, 0.5) is 15.5 Å². The van der Waals surface area contributed by atoms with Crippen molar-refractivity contribution in [1.29, 1.82) is 0 Å². The smallest absolute Gasteiger partial charge is 0.410 e. The number of likely N-dealkylation sites (tertiary alicyclic amines) is 2. The number of anilines is 1. The number of phenolic OH excluding ortho intramolecular Hbond substituents is 1. The van der Waals surface area contributed by atoms with Gasteiger partial charge in [0, 0.05) is 96.9 Å². The van der Waals surface area contributed by atoms with Gasteiger partial charge in [-0.05, 0) is 232 Å². The van der Waals surface area contributed by atoms with Crippen LogP contribution in [0.15, 0.2) is 275 Å². The number of nitrogens with two attached hydrogens (primary N) is 5. The van der Waals surface area contributed by atoms with Crippen molar-refractivity contribution in [3.05, 3.63) is 293 Å². The molecule has 2 aliphatic rings. The molecule has 0 saturated carbocycles. The fourth-order valence-electron chi connectivity index (χ4n) is 11.7. The number of carboxylic acids is 1. The molecule has 15 rings (SSSR count). The van der Waals surface area contributed by atoms with Crippen LogP contribution in [0.5, 0.6) is 86.6 Å². The van der Waals surface area contributed by atoms with Crippen LogP contribution >= 0.6 is 68.3 Å². The lowest BCUT2D eigenvalue weighted by Gasteiger charge is -2.34. The summed E-state index contributed by atoms with van der Waals surface area (Å²) >= 11 is 9.57. The Bertz CT molecular complexity index is 6660. The van der Waals surface area contributed by atoms with Gasteiger partial charge in [0.2, 0.25) is 47.8 Å². The minimum Gasteiger partial charge on any atom is -0.508 e. The molecule has 6 amide bonds. The number of H-pyrrole nitrogens is 1. The molecule has 0 radical (unpaired) electrons. The van der Waals surface area contributed by atoms with Crippen molar-refractivity contribution in [2.45, 2.75) is 111 Å². The monoisotopic (exact) mass is 2170 g/mol. The SMILES string of the molecule is CC(C)(C)OC(=O)N1CCCC(N)C1.CC(C)(C)OC(=O)N1CCCC(Nc2ncc(C(N)=O)c(Oc3ccc(Oc4ccccc4)cc3)n2)C1.CS(=O)(=O)c1ncc(C(N)=O)c(Oc2ccc(Oc3ccccc3)cc2)n1.CSc1ncc(C(=O)O)c(=O)[nH]1.CSc1ncc(C(N)=O)c(Cl)n1.CSc1ncc(C(N)=O)c(Oc2ccc(Oc3ccccc3)cc2)n1.N.O.O=S(Cl)Cl.Oc1ccc(Oc2ccccc2)cc1. The number of rotatable bonds is 25. The number of ether oxygens (including phenoxy) is 9. The molecule has 0 bridgehead atoms. The first-order valence-corrected chi connectivity index (χ1v) is 51.9. The number of nitrogens with zero attached hydrogens (tertiary/aromatic N) is 11. The van der Waals surface area contributed by atoms with Crippen LogP contribution in [-0.4, -0.2) is 204 Å². The van der Waals surface area contributed by atoms with Crippen molar-refractivity contribution in [1.82, 2.24) is 65.8 Å². The third kappa shape index (κ3) is 43.4. The van der Waals surface area contributed by atoms with Gasteiger partial charge in [-0.2, -0.15) is 15.0 Å². The number of aromatic amines is 1. The van der Waals surface area contributed by atoms with Gasteiger partial charge < -0.3 is 113 Å². The Morgan fingerprint density at radius 2 is 0.776 bits per heavy atom. The molecule has 5 aromatic heterocycles. The Morgan fingerprint density at radius 3 is 1.12 bits per heavy atom. The van der Waals surface area contributed by atoms with E-state index in [2.05, 4.69) is 76.5 Å². The highest BCUT2D eigenvalue weighted by Gasteiger charge is 2.31. The number of sulfone groups is 1. The van der Waals surface area contributed by atoms with E-state index in [0.717, 1.165) is 62.4 Å². The average molecular weight is 2170 g/mol. The molecule has 2 saturated heterocycles. The van der Waals surface area contributed by atoms with Crippen molar-refractivity contribution in [2.75, 3.05) is 56.5 Å². The molecule has 2 aliphatic heterocycles. The molecule has 0 spiro atoms. The maximum absolute atomic E-state index is 12.5. The second kappa shape index (κ2) is 60.0. The van der Waals surface area contributed by atoms with Crippen molar-refractivity contribution >= 4 is 135 Å². The second-order valence-electron chi connectivity index (χ2n) is 31.9. The molecule has 13 aromatic rings. The maximum Gasteiger partial charge on any atom is 0.410 e. The van der Waals surface area contributed by atoms with E-state index in [4.69, 9.17) is 97.3 Å². The number of hydrogen-bond acceptors (Lipinski definition) is 36. The summed E-state index contributed by atoms with van der Waals surface area (Å²) in [6.45, 7) is 13.6. The Balaban J connectivity index is 0.000000270. The molecule has 2 unspecified atom stereocenters. The molecule has 147 heavy (non-hydrogen) atoms. The first kappa shape index (κ1) is 121. The van der Waals surface area contributed by atoms with Crippen LogP contribution in [0.2, 0.25) is 5.15 Å². The number of aromatic hydroxyl groups is 1. The van der Waals surface area contributed by atoms with Gasteiger partial charge in [0.25, 0.3) is 29.2 Å². The number of para-hydroxylation sites is 4. The van der Waals surface area contributed by atoms with Gasteiger partial charge in [-0.3, -0.25) is 24.0 Å². The second-order valence-corrected chi connectivity index (χ2v) is 39.0. The van der Waals surface area contributed by atoms with E-state index in [-0.39, 0.29) is 98.2 Å². The number of amides is 6. The summed E-state index contributed by atoms with van der Waals surface area (Å²) < 4.78 is 82.9. The van der Waals surface area contributed by atoms with Gasteiger partial charge in [0.05, 0.1) is 5.56 Å². The molecular formula is C97H108Cl3N19O23S5. The quantitative estimate of drug-likeness (QED) is 0.0110. The van der Waals surface area contributed by atoms with Crippen LogP contribution in [0.3, 0.4) is 0 Å². The van der Waals surface area contributed by atoms with Crippen LogP contribution in [0.1, 0.15) is 119 Å². The van der Waals surface area contributed by atoms with Gasteiger partial charge in [0.1, 0.15) is 108 Å². The summed E-state index contributed by atoms with van der Waals surface area (Å²) in [5, 5.41) is 21.8. The highest BCUT2D eigenvalue weighted by molar-refractivity contribution is 8.26. The molecule has 42 nitrogen and oxygen atoms in total. The minimum atomic E-state index is -3.68. The van der Waals surface area contributed by atoms with Gasteiger partial charge in [-0.25, -0.2) is 56.9 Å². The van der Waals surface area contributed by atoms with E-state index in [9.17, 15) is 46.8 Å². The van der Waals surface area contributed by atoms with E-state index < -0.39 is 70.6 Å². The zero-order chi connectivity index (χ0) is 106. The predicted octanol–water partition coefficient (Wildman–Crippen LogP) is 17.5. The molecule has 780 valence electrons. The lowest BCUT2D eigenvalue weighted by atomic mass is 10.1. The molecule has 2 atom stereocenters. The summed E-state index contributed by atoms with van der Waals surface area (Å²) in [5.74, 6) is 3.12. The number of aromatic carboxylic acids is 1. The largest absolute Gasteiger partial charge is 0.508 e. The first-order chi connectivity index (χ1) is 68.9. The summed E-state index contributed by atoms with van der Waals surface area (Å²) in [5.41, 5.74) is 25.1. The zero-order valence-corrected chi connectivity index (χ0v) is 87.1. The van der Waals surface area contributed by atoms with Gasteiger partial charge in [0.15, 0.2) is 15.5 Å². The number of hydrogen-bond donors (Lipinski definition) is 10. The van der Waals surface area contributed by atoms with E-state index in [1.807, 2.05) is 175 Å². The van der Waals surface area contributed by atoms with Gasteiger partial charge in [-0.15, -0.1) is 0 Å². The average Bonchev–Trinajstić information content (AvgIpc) is 0.814. The predicted molar refractivity (Wildman–Crippen MR) is 559 cm³/mol. The number of aromatic nitrogens is 10. The van der Waals surface area contributed by atoms with Gasteiger partial charge >= 0.3 is 18.2 Å². The van der Waals surface area contributed by atoms with Crippen molar-refractivity contribution in [3.8, 4) is 86.6 Å². The summed E-state index contributed by atoms with van der Waals surface area (Å²) in [6.07, 6.45) is 15.4. The number of halogens is 3. The van der Waals surface area contributed by atoms with Gasteiger partial charge in [-0.1, -0.05) is 120 Å². The highest BCUT2D eigenvalue weighted by Crippen LogP contribution is 2.34. The summed E-state index contributed by atoms with van der Waals surface area (Å²) in [4.78, 5) is 132. The number of carboxylic acid groups (broad SMARTS) is 1. The molecule has 19 N–H and O–H groups in total.